The van der Waals surface area contributed by atoms with Crippen LogP contribution in [0.25, 0.3) is 0 Å². The summed E-state index contributed by atoms with van der Waals surface area (Å²) < 4.78 is 41.3. The van der Waals surface area contributed by atoms with Crippen LogP contribution >= 0.6 is 0 Å². The molecule has 0 aromatic rings. The van der Waals surface area contributed by atoms with Crippen molar-refractivity contribution in [1.82, 2.24) is 9.80 Å². The number of nitrogens with zero attached hydrogens (tertiary/aromatic N) is 2. The quantitative estimate of drug-likeness (QED) is 0.517. The summed E-state index contributed by atoms with van der Waals surface area (Å²) in [5.41, 5.74) is 0. The van der Waals surface area contributed by atoms with Crippen LogP contribution in [0.4, 0.5) is 12.9 Å². The van der Waals surface area contributed by atoms with Gasteiger partial charge in [-0.05, 0) is 6.44 Å². The molecule has 1 rings (SSSR count). The molecule has 1 aliphatic heterocycles. The molecule has 16 heavy (non-hydrogen) atoms. The van der Waals surface area contributed by atoms with E-state index in [1.807, 2.05) is 0 Å². The van der Waals surface area contributed by atoms with Crippen molar-refractivity contribution in [2.45, 2.75) is 0 Å². The Hall–Kier alpha value is 1.37. The van der Waals surface area contributed by atoms with Crippen LogP contribution in [0.3, 0.4) is 0 Å². The van der Waals surface area contributed by atoms with E-state index in [4.69, 9.17) is 4.74 Å². The van der Waals surface area contributed by atoms with Crippen LogP contribution in [0, 0.1) is 0 Å². The molecule has 0 aliphatic carbocycles. The average molecular weight is 264 g/mol. The van der Waals surface area contributed by atoms with Crippen molar-refractivity contribution in [2.75, 3.05) is 52.9 Å². The molecule has 0 saturated carbocycles. The molecular weight excluding hydrogens is 247 g/mol. The summed E-state index contributed by atoms with van der Waals surface area (Å²) in [6.45, 7) is -0.809. The van der Waals surface area contributed by atoms with E-state index in [1.54, 1.807) is 7.11 Å². The maximum Gasteiger partial charge on any atom is 1.00 e. The summed E-state index contributed by atoms with van der Waals surface area (Å²) in [4.78, 5) is 3.60. The van der Waals surface area contributed by atoms with Crippen LogP contribution in [-0.2, 0) is 4.74 Å². The second kappa shape index (κ2) is 8.47. The summed E-state index contributed by atoms with van der Waals surface area (Å²) in [7, 11) is 1.63. The van der Waals surface area contributed by atoms with E-state index >= 15 is 0 Å². The number of ether oxygens (including phenoxy) is 1. The first-order valence-corrected chi connectivity index (χ1v) is 5.16. The molecular formula is C8H17BF3KN2O. The molecule has 0 bridgehead atoms. The summed E-state index contributed by atoms with van der Waals surface area (Å²) in [5, 5.41) is 0. The monoisotopic (exact) mass is 264 g/mol. The Morgan fingerprint density at radius 2 is 1.56 bits per heavy atom. The molecule has 0 aromatic carbocycles. The van der Waals surface area contributed by atoms with Gasteiger partial charge >= 0.3 is 58.4 Å². The Morgan fingerprint density at radius 1 is 1.06 bits per heavy atom. The third-order valence-electron chi connectivity index (χ3n) is 2.54. The largest absolute Gasteiger partial charge is 1.00 e. The van der Waals surface area contributed by atoms with Crippen LogP contribution in [-0.4, -0.2) is 69.7 Å². The molecule has 0 radical (unpaired) electrons. The maximum absolute atomic E-state index is 12.1. The Bertz CT molecular complexity index is 189. The van der Waals surface area contributed by atoms with Crippen LogP contribution in [0.5, 0.6) is 0 Å². The van der Waals surface area contributed by atoms with Gasteiger partial charge in [0.2, 0.25) is 0 Å². The molecule has 1 aliphatic rings. The third kappa shape index (κ3) is 7.65. The molecule has 0 spiro atoms. The Kier molecular flexibility index (Phi) is 9.20. The summed E-state index contributed by atoms with van der Waals surface area (Å²) in [6, 6.07) is 0. The smallest absolute Gasteiger partial charge is 0.448 e. The van der Waals surface area contributed by atoms with Gasteiger partial charge in [-0.3, -0.25) is 4.90 Å². The van der Waals surface area contributed by atoms with Gasteiger partial charge < -0.3 is 22.6 Å². The van der Waals surface area contributed by atoms with E-state index in [-0.39, 0.29) is 51.4 Å². The fourth-order valence-corrected chi connectivity index (χ4v) is 1.71. The first-order valence-electron chi connectivity index (χ1n) is 5.16. The second-order valence-corrected chi connectivity index (χ2v) is 3.85. The predicted molar refractivity (Wildman–Crippen MR) is 53.8 cm³/mol. The number of hydrogen-bond donors (Lipinski definition) is 0. The van der Waals surface area contributed by atoms with Gasteiger partial charge in [-0.25, -0.2) is 0 Å². The molecule has 0 atom stereocenters. The van der Waals surface area contributed by atoms with Crippen molar-refractivity contribution in [3.8, 4) is 0 Å². The molecule has 1 fully saturated rings. The molecule has 3 nitrogen and oxygen atoms in total. The summed E-state index contributed by atoms with van der Waals surface area (Å²) in [5.74, 6) is 0. The Morgan fingerprint density at radius 3 is 2.00 bits per heavy atom. The zero-order valence-electron chi connectivity index (χ0n) is 9.96. The molecule has 8 heteroatoms. The van der Waals surface area contributed by atoms with Crippen molar-refractivity contribution in [1.29, 1.82) is 0 Å². The van der Waals surface area contributed by atoms with E-state index in [1.165, 1.54) is 4.90 Å². The minimum Gasteiger partial charge on any atom is -0.448 e. The van der Waals surface area contributed by atoms with Crippen LogP contribution in [0.15, 0.2) is 0 Å². The van der Waals surface area contributed by atoms with Crippen molar-refractivity contribution in [3.63, 3.8) is 0 Å². The topological polar surface area (TPSA) is 15.7 Å². The van der Waals surface area contributed by atoms with Gasteiger partial charge in [0.1, 0.15) is 0 Å². The maximum atomic E-state index is 12.1. The first kappa shape index (κ1) is 17.4. The molecule has 0 N–H and O–H groups in total. The number of rotatable bonds is 5. The molecule has 1 heterocycles. The zero-order chi connectivity index (χ0) is 11.3. The van der Waals surface area contributed by atoms with Gasteiger partial charge in [0, 0.05) is 39.8 Å². The molecule has 90 valence electrons. The number of piperazine rings is 1. The Balaban J connectivity index is 0.00000225. The Labute approximate surface area is 137 Å². The fraction of sp³-hybridized carbons (Fsp3) is 1.00. The van der Waals surface area contributed by atoms with Gasteiger partial charge in [-0.1, -0.05) is 0 Å². The zero-order valence-corrected chi connectivity index (χ0v) is 13.1. The SMILES string of the molecule is COCCN1CCN(C[B-](F)(F)F)CC1.[K+]. The van der Waals surface area contributed by atoms with Crippen molar-refractivity contribution in [2.24, 2.45) is 0 Å². The normalized spacial score (nSPS) is 19.5. The number of hydrogen-bond acceptors (Lipinski definition) is 3. The van der Waals surface area contributed by atoms with Gasteiger partial charge in [0.05, 0.1) is 6.61 Å². The van der Waals surface area contributed by atoms with Crippen LogP contribution < -0.4 is 51.4 Å². The minimum atomic E-state index is -4.68. The van der Waals surface area contributed by atoms with E-state index in [0.29, 0.717) is 32.8 Å². The number of methoxy groups -OCH3 is 1. The number of halogens is 3. The average Bonchev–Trinajstić information content (AvgIpc) is 2.14. The van der Waals surface area contributed by atoms with E-state index in [0.717, 1.165) is 6.54 Å². The van der Waals surface area contributed by atoms with Gasteiger partial charge in [0.25, 0.3) is 0 Å². The predicted octanol–water partition coefficient (Wildman–Crippen LogP) is -2.36. The van der Waals surface area contributed by atoms with Crippen LogP contribution in [0.1, 0.15) is 0 Å². The van der Waals surface area contributed by atoms with Gasteiger partial charge in [0.15, 0.2) is 0 Å². The summed E-state index contributed by atoms with van der Waals surface area (Å²) >= 11 is 0. The van der Waals surface area contributed by atoms with Gasteiger partial charge in [-0.15, -0.1) is 0 Å². The van der Waals surface area contributed by atoms with E-state index < -0.39 is 13.4 Å². The summed E-state index contributed by atoms with van der Waals surface area (Å²) in [6.07, 6.45) is -0.724. The molecule has 0 unspecified atom stereocenters. The third-order valence-corrected chi connectivity index (χ3v) is 2.54. The molecule has 0 aromatic heterocycles. The van der Waals surface area contributed by atoms with E-state index in [2.05, 4.69) is 4.90 Å². The van der Waals surface area contributed by atoms with Crippen molar-refractivity contribution >= 4 is 6.98 Å². The first-order chi connectivity index (χ1) is 7.01. The van der Waals surface area contributed by atoms with Gasteiger partial charge in [-0.2, -0.15) is 0 Å². The molecule has 1 saturated heterocycles. The van der Waals surface area contributed by atoms with Crippen molar-refractivity contribution in [3.05, 3.63) is 0 Å². The molecule has 0 amide bonds. The van der Waals surface area contributed by atoms with Crippen molar-refractivity contribution < 1.29 is 69.1 Å². The minimum absolute atomic E-state index is 0. The fourth-order valence-electron chi connectivity index (χ4n) is 1.71. The van der Waals surface area contributed by atoms with E-state index in [9.17, 15) is 12.9 Å². The standard InChI is InChI=1S/C8H17BF3N2O.K/c1-15-7-6-13-2-4-14(5-3-13)8-9(10,11)12;/h2-8H2,1H3;/q-1;+1. The second-order valence-electron chi connectivity index (χ2n) is 3.85. The van der Waals surface area contributed by atoms with Crippen LogP contribution in [0.2, 0.25) is 0 Å².